The molecule has 0 saturated carbocycles. The molecule has 2 aromatic rings. The number of hydrogen-bond donors (Lipinski definition) is 2. The molecular weight excluding hydrogens is 422 g/mol. The Morgan fingerprint density at radius 1 is 1.21 bits per heavy atom. The third kappa shape index (κ3) is 3.34. The van der Waals surface area contributed by atoms with Crippen molar-refractivity contribution in [3.8, 4) is 0 Å². The van der Waals surface area contributed by atoms with Crippen molar-refractivity contribution in [2.45, 2.75) is 13.0 Å². The van der Waals surface area contributed by atoms with E-state index >= 15 is 0 Å². The third-order valence-corrected chi connectivity index (χ3v) is 4.37. The summed E-state index contributed by atoms with van der Waals surface area (Å²) in [7, 11) is 0. The van der Waals surface area contributed by atoms with Crippen molar-refractivity contribution in [1.82, 2.24) is 5.43 Å². The van der Waals surface area contributed by atoms with Crippen molar-refractivity contribution in [3.63, 3.8) is 0 Å². The molecule has 0 saturated heterocycles. The van der Waals surface area contributed by atoms with Gasteiger partial charge >= 0.3 is 0 Å². The quantitative estimate of drug-likeness (QED) is 0.434. The van der Waals surface area contributed by atoms with Crippen LogP contribution in [0.15, 0.2) is 40.9 Å². The summed E-state index contributed by atoms with van der Waals surface area (Å²) in [5.41, 5.74) is 5.67. The fourth-order valence-electron chi connectivity index (χ4n) is 2.05. The van der Waals surface area contributed by atoms with Crippen molar-refractivity contribution < 1.29 is 4.39 Å². The first-order valence-corrected chi connectivity index (χ1v) is 7.57. The smallest absolute Gasteiger partial charge is 0.123 e. The van der Waals surface area contributed by atoms with Crippen LogP contribution in [0.25, 0.3) is 0 Å². The molecule has 1 unspecified atom stereocenters. The number of benzene rings is 2. The predicted octanol–water partition coefficient (Wildman–Crippen LogP) is 4.05. The predicted molar refractivity (Wildman–Crippen MR) is 87.2 cm³/mol. The maximum atomic E-state index is 13.2. The van der Waals surface area contributed by atoms with Crippen LogP contribution in [0.5, 0.6) is 0 Å². The highest BCUT2D eigenvalue weighted by atomic mass is 127. The molecule has 3 N–H and O–H groups in total. The summed E-state index contributed by atoms with van der Waals surface area (Å²) < 4.78 is 15.3. The summed E-state index contributed by atoms with van der Waals surface area (Å²) in [6.45, 7) is 1.88. The van der Waals surface area contributed by atoms with Gasteiger partial charge in [-0.2, -0.15) is 0 Å². The van der Waals surface area contributed by atoms with E-state index in [1.807, 2.05) is 19.1 Å². The van der Waals surface area contributed by atoms with Crippen LogP contribution in [0.3, 0.4) is 0 Å². The molecule has 0 bridgehead atoms. The Morgan fingerprint density at radius 2 is 1.95 bits per heavy atom. The fraction of sp³-hybridized carbons (Fsp3) is 0.143. The Kier molecular flexibility index (Phi) is 4.94. The standard InChI is InChI=1S/C14H13BrFIN2/c1-8-6-9(16)2-4-11(8)14(19-18)12-7-10(17)3-5-13(12)15/h2-7,14,19H,18H2,1H3. The van der Waals surface area contributed by atoms with E-state index in [0.29, 0.717) is 0 Å². The van der Waals surface area contributed by atoms with Gasteiger partial charge < -0.3 is 0 Å². The normalized spacial score (nSPS) is 12.5. The van der Waals surface area contributed by atoms with E-state index in [-0.39, 0.29) is 11.9 Å². The van der Waals surface area contributed by atoms with Gasteiger partial charge in [-0.3, -0.25) is 5.84 Å². The SMILES string of the molecule is Cc1cc(F)ccc1C(NN)c1cc(I)ccc1Br. The van der Waals surface area contributed by atoms with Gasteiger partial charge in [0.1, 0.15) is 5.82 Å². The average molecular weight is 435 g/mol. The van der Waals surface area contributed by atoms with Gasteiger partial charge in [0.05, 0.1) is 6.04 Å². The molecule has 0 aromatic heterocycles. The van der Waals surface area contributed by atoms with E-state index in [9.17, 15) is 4.39 Å². The molecule has 19 heavy (non-hydrogen) atoms. The van der Waals surface area contributed by atoms with Gasteiger partial charge in [-0.1, -0.05) is 22.0 Å². The summed E-state index contributed by atoms with van der Waals surface area (Å²) in [6.07, 6.45) is 0. The number of aryl methyl sites for hydroxylation is 1. The first-order chi connectivity index (χ1) is 9.02. The van der Waals surface area contributed by atoms with E-state index in [4.69, 9.17) is 5.84 Å². The molecule has 0 aliphatic carbocycles. The number of nitrogens with one attached hydrogen (secondary N) is 1. The lowest BCUT2D eigenvalue weighted by atomic mass is 9.95. The molecule has 0 aliphatic rings. The molecule has 2 nitrogen and oxygen atoms in total. The highest BCUT2D eigenvalue weighted by Gasteiger charge is 2.17. The third-order valence-electron chi connectivity index (χ3n) is 2.98. The summed E-state index contributed by atoms with van der Waals surface area (Å²) in [5, 5.41) is 0. The summed E-state index contributed by atoms with van der Waals surface area (Å²) in [4.78, 5) is 0. The fourth-order valence-corrected chi connectivity index (χ4v) is 3.04. The zero-order valence-corrected chi connectivity index (χ0v) is 14.0. The van der Waals surface area contributed by atoms with Crippen molar-refractivity contribution in [3.05, 3.63) is 66.9 Å². The maximum absolute atomic E-state index is 13.2. The molecule has 2 aromatic carbocycles. The van der Waals surface area contributed by atoms with E-state index < -0.39 is 0 Å². The second-order valence-corrected chi connectivity index (χ2v) is 6.37. The minimum atomic E-state index is -0.237. The molecular formula is C14H13BrFIN2. The highest BCUT2D eigenvalue weighted by Crippen LogP contribution is 2.31. The van der Waals surface area contributed by atoms with Crippen molar-refractivity contribution in [2.75, 3.05) is 0 Å². The summed E-state index contributed by atoms with van der Waals surface area (Å²) >= 11 is 5.79. The lowest BCUT2D eigenvalue weighted by Gasteiger charge is -2.20. The van der Waals surface area contributed by atoms with Crippen molar-refractivity contribution in [2.24, 2.45) is 5.84 Å². The van der Waals surface area contributed by atoms with Gasteiger partial charge in [0.2, 0.25) is 0 Å². The zero-order valence-electron chi connectivity index (χ0n) is 10.3. The van der Waals surface area contributed by atoms with Gasteiger partial charge in [0.25, 0.3) is 0 Å². The number of halogens is 3. The molecule has 0 fully saturated rings. The lowest BCUT2D eigenvalue weighted by molar-refractivity contribution is 0.611. The van der Waals surface area contributed by atoms with Gasteiger partial charge in [0.15, 0.2) is 0 Å². The zero-order chi connectivity index (χ0) is 14.0. The van der Waals surface area contributed by atoms with Gasteiger partial charge in [-0.25, -0.2) is 9.82 Å². The van der Waals surface area contributed by atoms with E-state index in [1.54, 1.807) is 6.07 Å². The number of nitrogens with two attached hydrogens (primary N) is 1. The van der Waals surface area contributed by atoms with Crippen LogP contribution in [-0.2, 0) is 0 Å². The molecule has 2 rings (SSSR count). The topological polar surface area (TPSA) is 38.0 Å². The van der Waals surface area contributed by atoms with Crippen LogP contribution < -0.4 is 11.3 Å². The largest absolute Gasteiger partial charge is 0.271 e. The Morgan fingerprint density at radius 3 is 2.58 bits per heavy atom. The molecule has 0 amide bonds. The maximum Gasteiger partial charge on any atom is 0.123 e. The Bertz CT molecular complexity index is 604. The molecule has 0 spiro atoms. The molecule has 100 valence electrons. The molecule has 0 heterocycles. The minimum Gasteiger partial charge on any atom is -0.271 e. The minimum absolute atomic E-state index is 0.176. The second kappa shape index (κ2) is 6.30. The second-order valence-electron chi connectivity index (χ2n) is 4.27. The van der Waals surface area contributed by atoms with Gasteiger partial charge in [0, 0.05) is 8.04 Å². The molecule has 1 atom stereocenters. The summed E-state index contributed by atoms with van der Waals surface area (Å²) in [5.74, 6) is 5.46. The Labute approximate surface area is 133 Å². The Hall–Kier alpha value is -0.500. The monoisotopic (exact) mass is 434 g/mol. The van der Waals surface area contributed by atoms with Crippen LogP contribution in [-0.4, -0.2) is 0 Å². The van der Waals surface area contributed by atoms with Crippen LogP contribution >= 0.6 is 38.5 Å². The van der Waals surface area contributed by atoms with Crippen LogP contribution in [0.4, 0.5) is 4.39 Å². The van der Waals surface area contributed by atoms with E-state index in [2.05, 4.69) is 50.0 Å². The first-order valence-electron chi connectivity index (χ1n) is 5.70. The summed E-state index contributed by atoms with van der Waals surface area (Å²) in [6, 6.07) is 10.6. The Balaban J connectivity index is 2.52. The lowest BCUT2D eigenvalue weighted by Crippen LogP contribution is -2.29. The first kappa shape index (κ1) is 14.9. The molecule has 0 aliphatic heterocycles. The number of hydrazine groups is 1. The van der Waals surface area contributed by atoms with E-state index in [1.165, 1.54) is 12.1 Å². The highest BCUT2D eigenvalue weighted by molar-refractivity contribution is 14.1. The van der Waals surface area contributed by atoms with Gasteiger partial charge in [-0.15, -0.1) is 0 Å². The molecule has 0 radical (unpaired) electrons. The van der Waals surface area contributed by atoms with Gasteiger partial charge in [-0.05, 0) is 76.5 Å². The van der Waals surface area contributed by atoms with E-state index in [0.717, 1.165) is 24.7 Å². The number of hydrogen-bond acceptors (Lipinski definition) is 2. The average Bonchev–Trinajstić information content (AvgIpc) is 2.36. The van der Waals surface area contributed by atoms with Crippen molar-refractivity contribution in [1.29, 1.82) is 0 Å². The van der Waals surface area contributed by atoms with Crippen LogP contribution in [0.1, 0.15) is 22.7 Å². The van der Waals surface area contributed by atoms with Crippen LogP contribution in [0, 0.1) is 16.3 Å². The molecule has 5 heteroatoms. The number of rotatable bonds is 3. The van der Waals surface area contributed by atoms with Crippen molar-refractivity contribution >= 4 is 38.5 Å². The van der Waals surface area contributed by atoms with Crippen LogP contribution in [0.2, 0.25) is 0 Å².